The molecule has 0 heterocycles. The molecule has 4 nitrogen and oxygen atoms in total. The molecule has 5 heteroatoms. The van der Waals surface area contributed by atoms with Crippen LogP contribution in [0.4, 0.5) is 0 Å². The van der Waals surface area contributed by atoms with Gasteiger partial charge in [0.25, 0.3) is 0 Å². The second-order valence-corrected chi connectivity index (χ2v) is 6.73. The van der Waals surface area contributed by atoms with Crippen molar-refractivity contribution in [3.63, 3.8) is 0 Å². The van der Waals surface area contributed by atoms with Crippen LogP contribution in [-0.2, 0) is 10.0 Å². The minimum atomic E-state index is -3.35. The summed E-state index contributed by atoms with van der Waals surface area (Å²) in [5.41, 5.74) is 1.08. The van der Waals surface area contributed by atoms with Crippen LogP contribution < -0.4 is 10.0 Å². The van der Waals surface area contributed by atoms with Crippen LogP contribution in [-0.4, -0.2) is 21.5 Å². The average molecular weight is 268 g/mol. The molecule has 1 aliphatic rings. The summed E-state index contributed by atoms with van der Waals surface area (Å²) >= 11 is 0. The van der Waals surface area contributed by atoms with E-state index in [-0.39, 0.29) is 12.1 Å². The monoisotopic (exact) mass is 268 g/mol. The van der Waals surface area contributed by atoms with E-state index in [1.54, 1.807) is 12.1 Å². The fourth-order valence-corrected chi connectivity index (χ4v) is 3.21. The first-order valence-electron chi connectivity index (χ1n) is 6.23. The predicted molar refractivity (Wildman–Crippen MR) is 71.8 cm³/mol. The largest absolute Gasteiger partial charge is 0.313 e. The van der Waals surface area contributed by atoms with Gasteiger partial charge in [0.05, 0.1) is 4.90 Å². The Kier molecular flexibility index (Phi) is 3.75. The first-order valence-corrected chi connectivity index (χ1v) is 7.72. The third-order valence-corrected chi connectivity index (χ3v) is 5.05. The van der Waals surface area contributed by atoms with Gasteiger partial charge in [-0.15, -0.1) is 0 Å². The second kappa shape index (κ2) is 4.99. The van der Waals surface area contributed by atoms with Gasteiger partial charge in [-0.05, 0) is 44.0 Å². The number of rotatable bonds is 5. The van der Waals surface area contributed by atoms with Crippen molar-refractivity contribution in [2.24, 2.45) is 5.92 Å². The molecule has 2 rings (SSSR count). The van der Waals surface area contributed by atoms with E-state index >= 15 is 0 Å². The second-order valence-electron chi connectivity index (χ2n) is 5.02. The molecule has 3 atom stereocenters. The highest BCUT2D eigenvalue weighted by Crippen LogP contribution is 2.30. The molecule has 0 aliphatic heterocycles. The Morgan fingerprint density at radius 3 is 2.28 bits per heavy atom. The lowest BCUT2D eigenvalue weighted by atomic mass is 10.1. The van der Waals surface area contributed by atoms with Crippen LogP contribution in [0.2, 0.25) is 0 Å². The maximum absolute atomic E-state index is 12.1. The van der Waals surface area contributed by atoms with Crippen molar-refractivity contribution in [3.05, 3.63) is 29.8 Å². The quantitative estimate of drug-likeness (QED) is 0.854. The molecule has 0 amide bonds. The molecule has 1 saturated carbocycles. The topological polar surface area (TPSA) is 58.2 Å². The summed E-state index contributed by atoms with van der Waals surface area (Å²) in [4.78, 5) is 0.341. The molecule has 1 aromatic rings. The van der Waals surface area contributed by atoms with E-state index in [9.17, 15) is 8.42 Å². The average Bonchev–Trinajstić information content (AvgIpc) is 3.03. The van der Waals surface area contributed by atoms with Gasteiger partial charge in [-0.25, -0.2) is 13.1 Å². The van der Waals surface area contributed by atoms with Crippen LogP contribution in [0.5, 0.6) is 0 Å². The predicted octanol–water partition coefficient (Wildman–Crippen LogP) is 1.65. The van der Waals surface area contributed by atoms with Crippen LogP contribution in [0.25, 0.3) is 0 Å². The number of hydrogen-bond donors (Lipinski definition) is 2. The molecule has 1 aromatic carbocycles. The van der Waals surface area contributed by atoms with Crippen molar-refractivity contribution in [1.82, 2.24) is 10.0 Å². The first kappa shape index (κ1) is 13.5. The SMILES string of the molecule is CNC(C)c1ccc(S(=O)(=O)NC2CC2C)cc1. The van der Waals surface area contributed by atoms with Crippen molar-refractivity contribution >= 4 is 10.0 Å². The lowest BCUT2D eigenvalue weighted by Gasteiger charge is -2.11. The molecule has 0 spiro atoms. The molecular formula is C13H20N2O2S. The highest BCUT2D eigenvalue weighted by Gasteiger charge is 2.36. The molecule has 18 heavy (non-hydrogen) atoms. The van der Waals surface area contributed by atoms with Gasteiger partial charge in [-0.2, -0.15) is 0 Å². The van der Waals surface area contributed by atoms with E-state index in [0.29, 0.717) is 10.8 Å². The third kappa shape index (κ3) is 2.91. The van der Waals surface area contributed by atoms with E-state index < -0.39 is 10.0 Å². The summed E-state index contributed by atoms with van der Waals surface area (Å²) in [6.07, 6.45) is 0.939. The van der Waals surface area contributed by atoms with Crippen molar-refractivity contribution in [1.29, 1.82) is 0 Å². The summed E-state index contributed by atoms with van der Waals surface area (Å²) in [5, 5.41) is 3.12. The van der Waals surface area contributed by atoms with Gasteiger partial charge in [0.15, 0.2) is 0 Å². The summed E-state index contributed by atoms with van der Waals surface area (Å²) in [5.74, 6) is 0.461. The molecule has 0 aromatic heterocycles. The van der Waals surface area contributed by atoms with Crippen LogP contribution in [0.3, 0.4) is 0 Å². The zero-order valence-electron chi connectivity index (χ0n) is 11.0. The number of benzene rings is 1. The first-order chi connectivity index (χ1) is 8.44. The van der Waals surface area contributed by atoms with E-state index in [0.717, 1.165) is 12.0 Å². The maximum atomic E-state index is 12.1. The van der Waals surface area contributed by atoms with E-state index in [1.165, 1.54) is 0 Å². The Hall–Kier alpha value is -0.910. The number of sulfonamides is 1. The zero-order valence-corrected chi connectivity index (χ0v) is 11.8. The summed E-state index contributed by atoms with van der Waals surface area (Å²) in [7, 11) is -1.47. The Labute approximate surface area is 109 Å². The van der Waals surface area contributed by atoms with Gasteiger partial charge < -0.3 is 5.32 Å². The molecule has 1 aliphatic carbocycles. The lowest BCUT2D eigenvalue weighted by Crippen LogP contribution is -2.26. The van der Waals surface area contributed by atoms with Crippen LogP contribution >= 0.6 is 0 Å². The Morgan fingerprint density at radius 2 is 1.83 bits per heavy atom. The van der Waals surface area contributed by atoms with Crippen molar-refractivity contribution < 1.29 is 8.42 Å². The molecule has 1 fully saturated rings. The third-order valence-electron chi connectivity index (χ3n) is 3.54. The fraction of sp³-hybridized carbons (Fsp3) is 0.538. The summed E-state index contributed by atoms with van der Waals surface area (Å²) in [6, 6.07) is 7.37. The van der Waals surface area contributed by atoms with Crippen molar-refractivity contribution in [3.8, 4) is 0 Å². The standard InChI is InChI=1S/C13H20N2O2S/c1-9-8-13(9)15-18(16,17)12-6-4-11(5-7-12)10(2)14-3/h4-7,9-10,13-15H,8H2,1-3H3. The normalized spacial score (nSPS) is 24.8. The molecule has 2 N–H and O–H groups in total. The van der Waals surface area contributed by atoms with Gasteiger partial charge in [-0.3, -0.25) is 0 Å². The minimum Gasteiger partial charge on any atom is -0.313 e. The Morgan fingerprint density at radius 1 is 1.28 bits per heavy atom. The van der Waals surface area contributed by atoms with Crippen LogP contribution in [0, 0.1) is 5.92 Å². The van der Waals surface area contributed by atoms with Gasteiger partial charge in [0, 0.05) is 12.1 Å². The molecule has 3 unspecified atom stereocenters. The van der Waals surface area contributed by atoms with Crippen molar-refractivity contribution in [2.45, 2.75) is 37.2 Å². The van der Waals surface area contributed by atoms with Gasteiger partial charge in [0.1, 0.15) is 0 Å². The van der Waals surface area contributed by atoms with E-state index in [1.807, 2.05) is 33.0 Å². The van der Waals surface area contributed by atoms with Gasteiger partial charge in [0.2, 0.25) is 10.0 Å². The van der Waals surface area contributed by atoms with Crippen LogP contribution in [0.1, 0.15) is 31.9 Å². The van der Waals surface area contributed by atoms with E-state index in [2.05, 4.69) is 10.0 Å². The number of nitrogens with one attached hydrogen (secondary N) is 2. The van der Waals surface area contributed by atoms with Crippen LogP contribution in [0.15, 0.2) is 29.2 Å². The fourth-order valence-electron chi connectivity index (χ4n) is 1.86. The van der Waals surface area contributed by atoms with Gasteiger partial charge >= 0.3 is 0 Å². The molecular weight excluding hydrogens is 248 g/mol. The zero-order chi connectivity index (χ0) is 13.3. The molecule has 0 saturated heterocycles. The Balaban J connectivity index is 2.13. The molecule has 0 bridgehead atoms. The molecule has 0 radical (unpaired) electrons. The highest BCUT2D eigenvalue weighted by molar-refractivity contribution is 7.89. The minimum absolute atomic E-state index is 0.117. The maximum Gasteiger partial charge on any atom is 0.240 e. The Bertz CT molecular complexity index is 510. The van der Waals surface area contributed by atoms with Gasteiger partial charge in [-0.1, -0.05) is 19.1 Å². The molecule has 100 valence electrons. The smallest absolute Gasteiger partial charge is 0.240 e. The summed E-state index contributed by atoms with van der Waals surface area (Å²) in [6.45, 7) is 4.08. The number of hydrogen-bond acceptors (Lipinski definition) is 3. The van der Waals surface area contributed by atoms with E-state index in [4.69, 9.17) is 0 Å². The summed E-state index contributed by atoms with van der Waals surface area (Å²) < 4.78 is 26.8. The van der Waals surface area contributed by atoms with Crippen molar-refractivity contribution in [2.75, 3.05) is 7.05 Å². The lowest BCUT2D eigenvalue weighted by molar-refractivity contribution is 0.578. The highest BCUT2D eigenvalue weighted by atomic mass is 32.2.